The molecule has 2 saturated heterocycles. The van der Waals surface area contributed by atoms with Crippen LogP contribution < -0.4 is 10.1 Å². The van der Waals surface area contributed by atoms with E-state index in [0.717, 1.165) is 67.2 Å². The van der Waals surface area contributed by atoms with Crippen molar-refractivity contribution in [2.24, 2.45) is 5.92 Å². The Hall–Kier alpha value is -4.23. The highest BCUT2D eigenvalue weighted by Crippen LogP contribution is 2.36. The van der Waals surface area contributed by atoms with Crippen LogP contribution in [0.5, 0.6) is 5.75 Å². The summed E-state index contributed by atoms with van der Waals surface area (Å²) in [4.78, 5) is 31.3. The molecule has 0 spiro atoms. The lowest BCUT2D eigenvalue weighted by Crippen LogP contribution is -2.41. The van der Waals surface area contributed by atoms with Crippen LogP contribution >= 0.6 is 11.3 Å². The monoisotopic (exact) mass is 639 g/mol. The number of thiophene rings is 1. The van der Waals surface area contributed by atoms with Gasteiger partial charge in [0.15, 0.2) is 11.5 Å². The van der Waals surface area contributed by atoms with Crippen molar-refractivity contribution >= 4 is 23.2 Å². The summed E-state index contributed by atoms with van der Waals surface area (Å²) in [6.45, 7) is 5.45. The number of rotatable bonds is 8. The van der Waals surface area contributed by atoms with Gasteiger partial charge in [0, 0.05) is 25.2 Å². The number of ether oxygens (including phenoxy) is 1. The number of carboxylic acid groups (broad SMARTS) is 1. The summed E-state index contributed by atoms with van der Waals surface area (Å²) in [6.07, 6.45) is -1.50. The van der Waals surface area contributed by atoms with Gasteiger partial charge in [-0.3, -0.25) is 4.79 Å². The summed E-state index contributed by atoms with van der Waals surface area (Å²) in [5.74, 6) is -0.386. The van der Waals surface area contributed by atoms with Crippen molar-refractivity contribution in [1.29, 1.82) is 0 Å². The number of aromatic carboxylic acids is 1. The Kier molecular flexibility index (Phi) is 8.65. The van der Waals surface area contributed by atoms with E-state index in [1.54, 1.807) is 12.1 Å². The summed E-state index contributed by atoms with van der Waals surface area (Å²) in [5, 5.41) is 18.1. The zero-order valence-electron chi connectivity index (χ0n) is 24.5. The topological polar surface area (TPSA) is 110 Å². The molecule has 1 unspecified atom stereocenters. The number of alkyl halides is 3. The van der Waals surface area contributed by atoms with E-state index < -0.39 is 23.4 Å². The van der Waals surface area contributed by atoms with E-state index in [2.05, 4.69) is 27.5 Å². The lowest BCUT2D eigenvalue weighted by molar-refractivity contribution is -0.143. The number of aryl methyl sites for hydroxylation is 1. The van der Waals surface area contributed by atoms with Crippen LogP contribution in [0.3, 0.4) is 0 Å². The summed E-state index contributed by atoms with van der Waals surface area (Å²) >= 11 is 1.38. The number of piperidine rings is 1. The molecule has 0 saturated carbocycles. The minimum Gasteiger partial charge on any atom is -0.489 e. The number of benzene rings is 1. The van der Waals surface area contributed by atoms with E-state index in [1.165, 1.54) is 23.0 Å². The Bertz CT molecular complexity index is 1700. The molecule has 2 aliphatic rings. The zero-order chi connectivity index (χ0) is 31.7. The fraction of sp³-hybridized carbons (Fsp3) is 0.375. The molecule has 0 aliphatic carbocycles. The minimum atomic E-state index is -4.94. The Morgan fingerprint density at radius 3 is 2.62 bits per heavy atom. The third kappa shape index (κ3) is 6.45. The van der Waals surface area contributed by atoms with Gasteiger partial charge in [-0.1, -0.05) is 18.2 Å². The van der Waals surface area contributed by atoms with E-state index in [0.29, 0.717) is 22.5 Å². The quantitative estimate of drug-likeness (QED) is 0.247. The highest BCUT2D eigenvalue weighted by Gasteiger charge is 2.41. The molecule has 5 heterocycles. The van der Waals surface area contributed by atoms with Crippen LogP contribution in [-0.4, -0.2) is 62.8 Å². The number of hydrogen-bond acceptors (Lipinski definition) is 7. The Labute approximate surface area is 261 Å². The summed E-state index contributed by atoms with van der Waals surface area (Å²) in [6, 6.07) is 12.7. The van der Waals surface area contributed by atoms with Crippen molar-refractivity contribution in [1.82, 2.24) is 25.0 Å². The molecule has 1 atom stereocenters. The van der Waals surface area contributed by atoms with Gasteiger partial charge in [-0.05, 0) is 79.4 Å². The fourth-order valence-electron chi connectivity index (χ4n) is 6.09. The predicted octanol–water partition coefficient (Wildman–Crippen LogP) is 5.92. The molecule has 2 fully saturated rings. The van der Waals surface area contributed by atoms with E-state index in [-0.39, 0.29) is 24.2 Å². The molecule has 1 aromatic carbocycles. The van der Waals surface area contributed by atoms with Crippen LogP contribution in [0, 0.1) is 12.8 Å². The van der Waals surface area contributed by atoms with Crippen molar-refractivity contribution in [2.45, 2.75) is 44.9 Å². The fourth-order valence-corrected chi connectivity index (χ4v) is 6.98. The van der Waals surface area contributed by atoms with Gasteiger partial charge in [-0.2, -0.15) is 18.3 Å². The maximum absolute atomic E-state index is 13.8. The van der Waals surface area contributed by atoms with E-state index in [4.69, 9.17) is 4.74 Å². The zero-order valence-corrected chi connectivity index (χ0v) is 25.3. The van der Waals surface area contributed by atoms with Gasteiger partial charge in [-0.25, -0.2) is 14.5 Å². The molecule has 0 radical (unpaired) electrons. The van der Waals surface area contributed by atoms with Crippen molar-refractivity contribution < 1.29 is 32.6 Å². The van der Waals surface area contributed by atoms with Gasteiger partial charge in [0.05, 0.1) is 22.7 Å². The number of halogens is 3. The molecule has 2 aliphatic heterocycles. The Balaban J connectivity index is 1.13. The molecule has 4 aromatic rings. The lowest BCUT2D eigenvalue weighted by Gasteiger charge is -2.34. The second-order valence-electron chi connectivity index (χ2n) is 11.4. The number of carboxylic acids is 1. The SMILES string of the molecule is Cc1cc(C2CCN(C(=O)C3CCNC3)CC2)ccc1OCc1ccsc1-c1cccc(-n2ncc(C(=O)O)c2C(F)(F)F)n1. The second kappa shape index (κ2) is 12.6. The van der Waals surface area contributed by atoms with Crippen molar-refractivity contribution in [3.05, 3.63) is 82.0 Å². The largest absolute Gasteiger partial charge is 0.489 e. The second-order valence-corrected chi connectivity index (χ2v) is 12.3. The van der Waals surface area contributed by atoms with Crippen LogP contribution in [-0.2, 0) is 17.6 Å². The Morgan fingerprint density at radius 1 is 1.13 bits per heavy atom. The summed E-state index contributed by atoms with van der Waals surface area (Å²) < 4.78 is 48.0. The van der Waals surface area contributed by atoms with Gasteiger partial charge in [0.2, 0.25) is 5.91 Å². The number of pyridine rings is 1. The maximum atomic E-state index is 13.8. The van der Waals surface area contributed by atoms with E-state index >= 15 is 0 Å². The van der Waals surface area contributed by atoms with Gasteiger partial charge in [-0.15, -0.1) is 11.3 Å². The molecule has 45 heavy (non-hydrogen) atoms. The molecule has 9 nitrogen and oxygen atoms in total. The number of likely N-dealkylation sites (tertiary alicyclic amines) is 1. The van der Waals surface area contributed by atoms with Crippen LogP contribution in [0.4, 0.5) is 13.2 Å². The maximum Gasteiger partial charge on any atom is 0.434 e. The minimum absolute atomic E-state index is 0.106. The molecule has 236 valence electrons. The first-order valence-corrected chi connectivity index (χ1v) is 15.6. The molecule has 6 rings (SSSR count). The molecular weight excluding hydrogens is 607 g/mol. The summed E-state index contributed by atoms with van der Waals surface area (Å²) in [7, 11) is 0. The van der Waals surface area contributed by atoms with Crippen LogP contribution in [0.15, 0.2) is 54.0 Å². The molecule has 3 aromatic heterocycles. The van der Waals surface area contributed by atoms with Crippen LogP contribution in [0.2, 0.25) is 0 Å². The number of carbonyl (C=O) groups excluding carboxylic acids is 1. The molecule has 2 N–H and O–H groups in total. The number of aromatic nitrogens is 3. The van der Waals surface area contributed by atoms with Crippen LogP contribution in [0.25, 0.3) is 16.4 Å². The molecular formula is C32H32F3N5O4S. The highest BCUT2D eigenvalue weighted by molar-refractivity contribution is 7.13. The van der Waals surface area contributed by atoms with Gasteiger partial charge < -0.3 is 20.1 Å². The first-order valence-electron chi connectivity index (χ1n) is 14.8. The van der Waals surface area contributed by atoms with Gasteiger partial charge in [0.1, 0.15) is 17.9 Å². The average Bonchev–Trinajstić information content (AvgIpc) is 3.81. The summed E-state index contributed by atoms with van der Waals surface area (Å²) in [5.41, 5.74) is 1.11. The van der Waals surface area contributed by atoms with E-state index in [9.17, 15) is 27.9 Å². The first kappa shape index (κ1) is 30.8. The first-order chi connectivity index (χ1) is 21.6. The number of carbonyl (C=O) groups is 2. The number of hydrogen-bond donors (Lipinski definition) is 2. The highest BCUT2D eigenvalue weighted by atomic mass is 32.1. The Morgan fingerprint density at radius 2 is 1.93 bits per heavy atom. The number of amides is 1. The van der Waals surface area contributed by atoms with Gasteiger partial charge in [0.25, 0.3) is 0 Å². The average molecular weight is 640 g/mol. The van der Waals surface area contributed by atoms with Crippen molar-refractivity contribution in [3.63, 3.8) is 0 Å². The van der Waals surface area contributed by atoms with Crippen molar-refractivity contribution in [3.8, 4) is 22.1 Å². The predicted molar refractivity (Wildman–Crippen MR) is 162 cm³/mol. The van der Waals surface area contributed by atoms with Crippen molar-refractivity contribution in [2.75, 3.05) is 26.2 Å². The number of nitrogens with zero attached hydrogens (tertiary/aromatic N) is 4. The molecule has 1 amide bonds. The molecule has 0 bridgehead atoms. The third-order valence-corrected chi connectivity index (χ3v) is 9.45. The lowest BCUT2D eigenvalue weighted by atomic mass is 9.88. The van der Waals surface area contributed by atoms with E-state index in [1.807, 2.05) is 29.3 Å². The third-order valence-electron chi connectivity index (χ3n) is 8.47. The number of nitrogens with one attached hydrogen (secondary N) is 1. The standard InChI is InChI=1S/C32H32F3N5O4S/c1-19-15-21(20-8-12-39(13-9-20)30(41)22-7-11-36-16-22)5-6-26(19)44-18-23-10-14-45-28(23)25-3-2-4-27(38-25)40-29(32(33,34)35)24(17-37-40)31(42)43/h2-6,10,14-15,17,20,22,36H,7-9,11-13,16,18H2,1H3,(H,42,43). The normalized spacial score (nSPS) is 17.5. The smallest absolute Gasteiger partial charge is 0.434 e. The molecule has 13 heteroatoms. The van der Waals surface area contributed by atoms with Crippen LogP contribution in [0.1, 0.15) is 57.9 Å². The van der Waals surface area contributed by atoms with Gasteiger partial charge >= 0.3 is 12.1 Å².